The summed E-state index contributed by atoms with van der Waals surface area (Å²) >= 11 is 0. The summed E-state index contributed by atoms with van der Waals surface area (Å²) in [4.78, 5) is 2.83. The van der Waals surface area contributed by atoms with Gasteiger partial charge in [0.05, 0.1) is 0 Å². The highest BCUT2D eigenvalue weighted by Gasteiger charge is 2.33. The number of unbranched alkanes of at least 4 members (excludes halogenated alkanes) is 1. The van der Waals surface area contributed by atoms with Crippen molar-refractivity contribution >= 4 is 0 Å². The quantitative estimate of drug-likeness (QED) is 0.373. The van der Waals surface area contributed by atoms with E-state index in [2.05, 4.69) is 71.6 Å². The molecule has 0 heterocycles. The van der Waals surface area contributed by atoms with E-state index in [1.165, 1.54) is 69.2 Å². The highest BCUT2D eigenvalue weighted by Crippen LogP contribution is 2.39. The van der Waals surface area contributed by atoms with E-state index in [0.717, 1.165) is 17.9 Å². The Morgan fingerprint density at radius 1 is 1.11 bits per heavy atom. The van der Waals surface area contributed by atoms with Crippen molar-refractivity contribution in [3.8, 4) is 0 Å². The van der Waals surface area contributed by atoms with Crippen LogP contribution in [0.15, 0.2) is 18.2 Å². The Morgan fingerprint density at radius 2 is 1.74 bits per heavy atom. The molecule has 0 spiro atoms. The molecule has 27 heavy (non-hydrogen) atoms. The second kappa shape index (κ2) is 10.1. The molecule has 1 aliphatic carbocycles. The average molecular weight is 372 g/mol. The Labute approximate surface area is 169 Å². The summed E-state index contributed by atoms with van der Waals surface area (Å²) in [6.07, 6.45) is 9.50. The van der Waals surface area contributed by atoms with Gasteiger partial charge in [-0.1, -0.05) is 58.7 Å². The molecule has 1 aromatic rings. The first-order chi connectivity index (χ1) is 12.8. The van der Waals surface area contributed by atoms with Crippen molar-refractivity contribution in [1.29, 1.82) is 0 Å². The molecule has 154 valence electrons. The smallest absolute Gasteiger partial charge is 0.00670 e. The summed E-state index contributed by atoms with van der Waals surface area (Å²) in [6.45, 7) is 19.3. The van der Waals surface area contributed by atoms with Crippen molar-refractivity contribution in [3.05, 3.63) is 34.9 Å². The van der Waals surface area contributed by atoms with E-state index in [4.69, 9.17) is 0 Å². The summed E-state index contributed by atoms with van der Waals surface area (Å²) in [7, 11) is 0. The van der Waals surface area contributed by atoms with Crippen LogP contribution in [0.2, 0.25) is 0 Å². The lowest BCUT2D eigenvalue weighted by Gasteiger charge is -2.38. The van der Waals surface area contributed by atoms with Crippen molar-refractivity contribution in [2.45, 2.75) is 105 Å². The van der Waals surface area contributed by atoms with E-state index in [1.807, 2.05) is 0 Å². The summed E-state index contributed by atoms with van der Waals surface area (Å²) in [5.41, 5.74) is 4.85. The van der Waals surface area contributed by atoms with Gasteiger partial charge in [-0.05, 0) is 93.4 Å². The first-order valence-corrected chi connectivity index (χ1v) is 11.6. The molecule has 0 amide bonds. The monoisotopic (exact) mass is 371 g/mol. The number of hydrogen-bond acceptors (Lipinski definition) is 1. The molecule has 2 atom stereocenters. The normalized spacial score (nSPS) is 18.1. The number of nitrogens with zero attached hydrogens (tertiary/aromatic N) is 1. The standard InChI is InChI=1S/C26H45N/c1-8-9-13-23(6)27(19-24-14-15-24)17-16-26(7,18-20(2)3)25-21(4)11-10-12-22(25)5/h10-12,20,23-24H,8-9,13-19H2,1-7H3. The second-order valence-electron chi connectivity index (χ2n) is 10.1. The lowest BCUT2D eigenvalue weighted by Crippen LogP contribution is -2.39. The zero-order valence-electron chi connectivity index (χ0n) is 19.3. The van der Waals surface area contributed by atoms with Gasteiger partial charge in [0.2, 0.25) is 0 Å². The van der Waals surface area contributed by atoms with Crippen LogP contribution in [0.25, 0.3) is 0 Å². The van der Waals surface area contributed by atoms with Crippen LogP contribution in [0.3, 0.4) is 0 Å². The molecule has 0 N–H and O–H groups in total. The predicted octanol–water partition coefficient (Wildman–Crippen LogP) is 7.29. The molecular formula is C26H45N. The Balaban J connectivity index is 2.17. The molecule has 1 nitrogen and oxygen atoms in total. The van der Waals surface area contributed by atoms with Crippen LogP contribution in [0.4, 0.5) is 0 Å². The minimum absolute atomic E-state index is 0.274. The third-order valence-electron chi connectivity index (χ3n) is 6.68. The fraction of sp³-hybridized carbons (Fsp3) is 0.769. The summed E-state index contributed by atoms with van der Waals surface area (Å²) in [5, 5.41) is 0. The maximum Gasteiger partial charge on any atom is 0.00670 e. The molecular weight excluding hydrogens is 326 g/mol. The lowest BCUT2D eigenvalue weighted by molar-refractivity contribution is 0.165. The van der Waals surface area contributed by atoms with Crippen molar-refractivity contribution in [1.82, 2.24) is 4.90 Å². The molecule has 1 aromatic carbocycles. The van der Waals surface area contributed by atoms with Gasteiger partial charge in [0.15, 0.2) is 0 Å². The zero-order valence-corrected chi connectivity index (χ0v) is 19.3. The van der Waals surface area contributed by atoms with Gasteiger partial charge in [0.25, 0.3) is 0 Å². The lowest BCUT2D eigenvalue weighted by atomic mass is 9.70. The van der Waals surface area contributed by atoms with Gasteiger partial charge in [-0.25, -0.2) is 0 Å². The Hall–Kier alpha value is -0.820. The Kier molecular flexibility index (Phi) is 8.40. The molecule has 1 fully saturated rings. The molecule has 0 radical (unpaired) electrons. The minimum atomic E-state index is 0.274. The van der Waals surface area contributed by atoms with E-state index in [-0.39, 0.29) is 5.41 Å². The maximum absolute atomic E-state index is 2.83. The van der Waals surface area contributed by atoms with Gasteiger partial charge in [-0.15, -0.1) is 0 Å². The molecule has 1 heteroatoms. The van der Waals surface area contributed by atoms with Crippen LogP contribution >= 0.6 is 0 Å². The van der Waals surface area contributed by atoms with E-state index >= 15 is 0 Å². The van der Waals surface area contributed by atoms with Crippen LogP contribution < -0.4 is 0 Å². The van der Waals surface area contributed by atoms with Crippen molar-refractivity contribution in [2.24, 2.45) is 11.8 Å². The van der Waals surface area contributed by atoms with Crippen LogP contribution in [0.1, 0.15) is 96.3 Å². The molecule has 0 aromatic heterocycles. The highest BCUT2D eigenvalue weighted by atomic mass is 15.2. The minimum Gasteiger partial charge on any atom is -0.300 e. The van der Waals surface area contributed by atoms with E-state index < -0.39 is 0 Å². The van der Waals surface area contributed by atoms with Crippen LogP contribution in [0.5, 0.6) is 0 Å². The van der Waals surface area contributed by atoms with E-state index in [1.54, 1.807) is 5.56 Å². The highest BCUT2D eigenvalue weighted by molar-refractivity contribution is 5.39. The predicted molar refractivity (Wildman–Crippen MR) is 121 cm³/mol. The fourth-order valence-corrected chi connectivity index (χ4v) is 5.19. The fourth-order valence-electron chi connectivity index (χ4n) is 5.19. The first kappa shape index (κ1) is 22.5. The topological polar surface area (TPSA) is 3.24 Å². The zero-order chi connectivity index (χ0) is 20.0. The van der Waals surface area contributed by atoms with Gasteiger partial charge >= 0.3 is 0 Å². The number of benzene rings is 1. The van der Waals surface area contributed by atoms with Crippen LogP contribution in [0, 0.1) is 25.7 Å². The van der Waals surface area contributed by atoms with Crippen LogP contribution in [-0.4, -0.2) is 24.0 Å². The average Bonchev–Trinajstić information content (AvgIpc) is 3.39. The number of rotatable bonds is 12. The van der Waals surface area contributed by atoms with Gasteiger partial charge < -0.3 is 4.90 Å². The molecule has 0 saturated heterocycles. The van der Waals surface area contributed by atoms with Gasteiger partial charge in [0, 0.05) is 12.6 Å². The molecule has 2 unspecified atom stereocenters. The Bertz CT molecular complexity index is 551. The van der Waals surface area contributed by atoms with Gasteiger partial charge in [-0.3, -0.25) is 0 Å². The van der Waals surface area contributed by atoms with Crippen molar-refractivity contribution in [2.75, 3.05) is 13.1 Å². The molecule has 0 aliphatic heterocycles. The molecule has 1 saturated carbocycles. The van der Waals surface area contributed by atoms with E-state index in [9.17, 15) is 0 Å². The van der Waals surface area contributed by atoms with E-state index in [0.29, 0.717) is 0 Å². The SMILES string of the molecule is CCCCC(C)N(CCC(C)(CC(C)C)c1c(C)cccc1C)CC1CC1. The summed E-state index contributed by atoms with van der Waals surface area (Å²) in [6, 6.07) is 7.57. The molecule has 1 aliphatic rings. The summed E-state index contributed by atoms with van der Waals surface area (Å²) in [5.74, 6) is 1.70. The van der Waals surface area contributed by atoms with Crippen molar-refractivity contribution < 1.29 is 0 Å². The maximum atomic E-state index is 2.83. The molecule has 2 rings (SSSR count). The van der Waals surface area contributed by atoms with Gasteiger partial charge in [0.1, 0.15) is 0 Å². The second-order valence-corrected chi connectivity index (χ2v) is 10.1. The largest absolute Gasteiger partial charge is 0.300 e. The molecule has 0 bridgehead atoms. The first-order valence-electron chi connectivity index (χ1n) is 11.6. The van der Waals surface area contributed by atoms with Crippen LogP contribution in [-0.2, 0) is 5.41 Å². The number of hydrogen-bond donors (Lipinski definition) is 0. The Morgan fingerprint density at radius 3 is 2.26 bits per heavy atom. The third kappa shape index (κ3) is 6.63. The van der Waals surface area contributed by atoms with Gasteiger partial charge in [-0.2, -0.15) is 0 Å². The number of aryl methyl sites for hydroxylation is 2. The summed E-state index contributed by atoms with van der Waals surface area (Å²) < 4.78 is 0. The van der Waals surface area contributed by atoms with Crippen molar-refractivity contribution in [3.63, 3.8) is 0 Å². The third-order valence-corrected chi connectivity index (χ3v) is 6.68.